The van der Waals surface area contributed by atoms with Crippen molar-refractivity contribution in [3.63, 3.8) is 0 Å². The van der Waals surface area contributed by atoms with Gasteiger partial charge in [-0.2, -0.15) is 0 Å². The molecule has 2 aliphatic rings. The van der Waals surface area contributed by atoms with Gasteiger partial charge in [0.2, 0.25) is 5.91 Å². The Morgan fingerprint density at radius 2 is 2.06 bits per heavy atom. The predicted molar refractivity (Wildman–Crippen MR) is 60.8 cm³/mol. The molecule has 0 aliphatic carbocycles. The first-order chi connectivity index (χ1) is 7.59. The van der Waals surface area contributed by atoms with Crippen LogP contribution in [-0.4, -0.2) is 44.5 Å². The highest BCUT2D eigenvalue weighted by Crippen LogP contribution is 2.19. The second-order valence-electron chi connectivity index (χ2n) is 4.55. The van der Waals surface area contributed by atoms with Crippen molar-refractivity contribution >= 4 is 15.7 Å². The van der Waals surface area contributed by atoms with Gasteiger partial charge in [0, 0.05) is 12.6 Å². The smallest absolute Gasteiger partial charge is 0.238 e. The van der Waals surface area contributed by atoms with Gasteiger partial charge in [-0.3, -0.25) is 4.79 Å². The molecule has 2 fully saturated rings. The lowest BCUT2D eigenvalue weighted by molar-refractivity contribution is -0.121. The van der Waals surface area contributed by atoms with E-state index in [-0.39, 0.29) is 17.7 Å². The minimum atomic E-state index is -3.20. The van der Waals surface area contributed by atoms with Crippen molar-refractivity contribution in [2.24, 2.45) is 0 Å². The molecule has 92 valence electrons. The topological polar surface area (TPSA) is 75.3 Å². The molecule has 0 bridgehead atoms. The van der Waals surface area contributed by atoms with Gasteiger partial charge >= 0.3 is 0 Å². The van der Waals surface area contributed by atoms with Gasteiger partial charge in [-0.15, -0.1) is 0 Å². The van der Waals surface area contributed by atoms with Crippen LogP contribution in [0.1, 0.15) is 25.7 Å². The van der Waals surface area contributed by atoms with Gasteiger partial charge in [-0.25, -0.2) is 8.42 Å². The van der Waals surface area contributed by atoms with E-state index < -0.39 is 15.1 Å². The summed E-state index contributed by atoms with van der Waals surface area (Å²) in [5.41, 5.74) is 0. The first-order valence-corrected chi connectivity index (χ1v) is 7.54. The standard InChI is InChI=1S/C10H18N2O3S/c13-10(12-8-4-5-11-7-8)9-3-1-2-6-16(9,14)15/h8-9,11H,1-7H2,(H,12,13)/t8-,9?/m1/s1. The molecule has 2 atom stereocenters. The largest absolute Gasteiger partial charge is 0.351 e. The van der Waals surface area contributed by atoms with Crippen LogP contribution in [0.4, 0.5) is 0 Å². The molecule has 0 aromatic heterocycles. The molecule has 0 spiro atoms. The van der Waals surface area contributed by atoms with E-state index >= 15 is 0 Å². The fraction of sp³-hybridized carbons (Fsp3) is 0.900. The number of carbonyl (C=O) groups is 1. The van der Waals surface area contributed by atoms with Crippen molar-refractivity contribution in [2.75, 3.05) is 18.8 Å². The summed E-state index contributed by atoms with van der Waals surface area (Å²) in [6.07, 6.45) is 2.89. The zero-order valence-corrected chi connectivity index (χ0v) is 10.1. The molecule has 2 N–H and O–H groups in total. The fourth-order valence-electron chi connectivity index (χ4n) is 2.32. The van der Waals surface area contributed by atoms with Gasteiger partial charge in [0.15, 0.2) is 9.84 Å². The lowest BCUT2D eigenvalue weighted by atomic mass is 10.1. The van der Waals surface area contributed by atoms with Gasteiger partial charge in [0.1, 0.15) is 5.25 Å². The molecule has 16 heavy (non-hydrogen) atoms. The van der Waals surface area contributed by atoms with Crippen LogP contribution in [0.5, 0.6) is 0 Å². The molecule has 0 saturated carbocycles. The zero-order valence-electron chi connectivity index (χ0n) is 9.24. The van der Waals surface area contributed by atoms with E-state index in [4.69, 9.17) is 0 Å². The van der Waals surface area contributed by atoms with E-state index in [0.717, 1.165) is 25.9 Å². The van der Waals surface area contributed by atoms with E-state index in [1.807, 2.05) is 0 Å². The highest BCUT2D eigenvalue weighted by Gasteiger charge is 2.35. The summed E-state index contributed by atoms with van der Waals surface area (Å²) in [7, 11) is -3.20. The number of hydrogen-bond acceptors (Lipinski definition) is 4. The number of hydrogen-bond donors (Lipinski definition) is 2. The Morgan fingerprint density at radius 3 is 2.69 bits per heavy atom. The van der Waals surface area contributed by atoms with Crippen LogP contribution < -0.4 is 10.6 Å². The number of sulfone groups is 1. The minimum absolute atomic E-state index is 0.102. The zero-order chi connectivity index (χ0) is 11.6. The maximum absolute atomic E-state index is 11.9. The lowest BCUT2D eigenvalue weighted by Crippen LogP contribution is -2.47. The molecule has 0 radical (unpaired) electrons. The quantitative estimate of drug-likeness (QED) is 0.684. The van der Waals surface area contributed by atoms with Gasteiger partial charge < -0.3 is 10.6 Å². The molecule has 2 rings (SSSR count). The Labute approximate surface area is 95.9 Å². The Hall–Kier alpha value is -0.620. The molecule has 5 nitrogen and oxygen atoms in total. The third-order valence-electron chi connectivity index (χ3n) is 3.28. The van der Waals surface area contributed by atoms with Crippen molar-refractivity contribution in [1.29, 1.82) is 0 Å². The second-order valence-corrected chi connectivity index (χ2v) is 6.85. The highest BCUT2D eigenvalue weighted by atomic mass is 32.2. The summed E-state index contributed by atoms with van der Waals surface area (Å²) in [5.74, 6) is -0.137. The molecule has 1 amide bonds. The number of amides is 1. The van der Waals surface area contributed by atoms with Crippen molar-refractivity contribution in [3.05, 3.63) is 0 Å². The van der Waals surface area contributed by atoms with Crippen LogP contribution in [0.15, 0.2) is 0 Å². The summed E-state index contributed by atoms with van der Waals surface area (Å²) in [4.78, 5) is 11.9. The summed E-state index contributed by atoms with van der Waals surface area (Å²) in [6.45, 7) is 1.64. The van der Waals surface area contributed by atoms with Crippen molar-refractivity contribution in [3.8, 4) is 0 Å². The molecule has 6 heteroatoms. The van der Waals surface area contributed by atoms with Crippen LogP contribution in [0.3, 0.4) is 0 Å². The van der Waals surface area contributed by atoms with Crippen molar-refractivity contribution < 1.29 is 13.2 Å². The van der Waals surface area contributed by atoms with E-state index in [1.54, 1.807) is 0 Å². The number of nitrogens with one attached hydrogen (secondary N) is 2. The van der Waals surface area contributed by atoms with Gasteiger partial charge in [-0.1, -0.05) is 6.42 Å². The number of rotatable bonds is 2. The average Bonchev–Trinajstić information content (AvgIpc) is 2.69. The maximum Gasteiger partial charge on any atom is 0.238 e. The molecule has 0 aromatic rings. The Morgan fingerprint density at radius 1 is 1.25 bits per heavy atom. The Kier molecular flexibility index (Phi) is 3.49. The summed E-state index contributed by atoms with van der Waals surface area (Å²) < 4.78 is 23.4. The summed E-state index contributed by atoms with van der Waals surface area (Å²) >= 11 is 0. The predicted octanol–water partition coefficient (Wildman–Crippen LogP) is -0.568. The van der Waals surface area contributed by atoms with E-state index in [2.05, 4.69) is 10.6 Å². The Balaban J connectivity index is 1.97. The SMILES string of the molecule is O=C(N[C@@H]1CCNC1)C1CCCCS1(=O)=O. The maximum atomic E-state index is 11.9. The van der Waals surface area contributed by atoms with Gasteiger partial charge in [0.25, 0.3) is 0 Å². The molecular weight excluding hydrogens is 228 g/mol. The number of carbonyl (C=O) groups excluding carboxylic acids is 1. The first kappa shape index (κ1) is 11.9. The van der Waals surface area contributed by atoms with Crippen LogP contribution in [-0.2, 0) is 14.6 Å². The van der Waals surface area contributed by atoms with E-state index in [9.17, 15) is 13.2 Å². The molecule has 1 unspecified atom stereocenters. The van der Waals surface area contributed by atoms with Crippen LogP contribution in [0, 0.1) is 0 Å². The van der Waals surface area contributed by atoms with E-state index in [1.165, 1.54) is 0 Å². The fourth-order valence-corrected chi connectivity index (χ4v) is 4.13. The molecule has 2 saturated heterocycles. The van der Waals surface area contributed by atoms with Crippen molar-refractivity contribution in [1.82, 2.24) is 10.6 Å². The molecule has 2 aliphatic heterocycles. The monoisotopic (exact) mass is 246 g/mol. The van der Waals surface area contributed by atoms with Crippen molar-refractivity contribution in [2.45, 2.75) is 37.0 Å². The third-order valence-corrected chi connectivity index (χ3v) is 5.45. The normalized spacial score (nSPS) is 33.5. The third kappa shape index (κ3) is 2.55. The van der Waals surface area contributed by atoms with Gasteiger partial charge in [-0.05, 0) is 25.8 Å². The highest BCUT2D eigenvalue weighted by molar-refractivity contribution is 7.92. The van der Waals surface area contributed by atoms with Crippen LogP contribution in [0.2, 0.25) is 0 Å². The first-order valence-electron chi connectivity index (χ1n) is 5.82. The van der Waals surface area contributed by atoms with Gasteiger partial charge in [0.05, 0.1) is 5.75 Å². The van der Waals surface area contributed by atoms with E-state index in [0.29, 0.717) is 12.8 Å². The minimum Gasteiger partial charge on any atom is -0.351 e. The lowest BCUT2D eigenvalue weighted by Gasteiger charge is -2.23. The Bertz CT molecular complexity index is 360. The average molecular weight is 246 g/mol. The summed E-state index contributed by atoms with van der Waals surface area (Å²) in [5, 5.41) is 5.16. The van der Waals surface area contributed by atoms with Crippen LogP contribution >= 0.6 is 0 Å². The molecular formula is C10H18N2O3S. The molecule has 2 heterocycles. The second kappa shape index (κ2) is 4.71. The van der Waals surface area contributed by atoms with Crippen LogP contribution in [0.25, 0.3) is 0 Å². The molecule has 0 aromatic carbocycles. The summed E-state index contributed by atoms with van der Waals surface area (Å²) in [6, 6.07) is 0.102.